The Morgan fingerprint density at radius 3 is 3.20 bits per heavy atom. The summed E-state index contributed by atoms with van der Waals surface area (Å²) >= 11 is 0. The highest BCUT2D eigenvalue weighted by Gasteiger charge is 2.21. The normalized spacial score (nSPS) is 19.8. The number of rotatable bonds is 3. The third-order valence-corrected chi connectivity index (χ3v) is 3.78. The van der Waals surface area contributed by atoms with Crippen LogP contribution in [0.1, 0.15) is 50.1 Å². The van der Waals surface area contributed by atoms with E-state index in [1.54, 1.807) is 6.20 Å². The van der Waals surface area contributed by atoms with E-state index in [0.717, 1.165) is 30.6 Å². The molecule has 1 aliphatic heterocycles. The van der Waals surface area contributed by atoms with E-state index in [4.69, 9.17) is 4.52 Å². The van der Waals surface area contributed by atoms with Gasteiger partial charge in [-0.3, -0.25) is 4.98 Å². The second-order valence-electron chi connectivity index (χ2n) is 5.18. The predicted molar refractivity (Wildman–Crippen MR) is 76.1 cm³/mol. The number of aromatic nitrogens is 3. The Balaban J connectivity index is 1.85. The molecule has 1 saturated heterocycles. The lowest BCUT2D eigenvalue weighted by Gasteiger charge is -2.09. The first-order valence-corrected chi connectivity index (χ1v) is 7.39. The number of pyridine rings is 1. The average Bonchev–Trinajstić information content (AvgIpc) is 2.82. The monoisotopic (exact) mass is 272 g/mol. The largest absolute Gasteiger partial charge is 0.337 e. The topological polar surface area (TPSA) is 63.8 Å². The highest BCUT2D eigenvalue weighted by atomic mass is 16.5. The van der Waals surface area contributed by atoms with Gasteiger partial charge in [0.05, 0.1) is 6.04 Å². The van der Waals surface area contributed by atoms with Crippen molar-refractivity contribution in [3.8, 4) is 11.5 Å². The van der Waals surface area contributed by atoms with E-state index in [0.29, 0.717) is 11.7 Å². The van der Waals surface area contributed by atoms with Gasteiger partial charge in [-0.15, -0.1) is 0 Å². The van der Waals surface area contributed by atoms with Crippen molar-refractivity contribution in [2.45, 2.75) is 45.1 Å². The van der Waals surface area contributed by atoms with Crippen molar-refractivity contribution in [3.05, 3.63) is 29.8 Å². The third-order valence-electron chi connectivity index (χ3n) is 3.78. The SMILES string of the molecule is CCc1cccnc1-c1noc(C2CCCCCN2)n1. The van der Waals surface area contributed by atoms with Gasteiger partial charge in [0.2, 0.25) is 11.7 Å². The molecule has 0 spiro atoms. The van der Waals surface area contributed by atoms with E-state index < -0.39 is 0 Å². The first-order chi connectivity index (χ1) is 9.88. The Kier molecular flexibility index (Phi) is 4.06. The molecule has 1 N–H and O–H groups in total. The number of hydrogen-bond acceptors (Lipinski definition) is 5. The molecule has 20 heavy (non-hydrogen) atoms. The third kappa shape index (κ3) is 2.72. The van der Waals surface area contributed by atoms with Crippen LogP contribution in [-0.4, -0.2) is 21.7 Å². The van der Waals surface area contributed by atoms with Gasteiger partial charge in [-0.05, 0) is 37.4 Å². The van der Waals surface area contributed by atoms with Crippen molar-refractivity contribution in [1.29, 1.82) is 0 Å². The summed E-state index contributed by atoms with van der Waals surface area (Å²) in [5.74, 6) is 1.29. The van der Waals surface area contributed by atoms with Crippen LogP contribution in [0, 0.1) is 0 Å². The number of nitrogens with one attached hydrogen (secondary N) is 1. The molecule has 1 atom stereocenters. The van der Waals surface area contributed by atoms with Crippen LogP contribution in [0.3, 0.4) is 0 Å². The lowest BCUT2D eigenvalue weighted by atomic mass is 10.1. The molecular formula is C15H20N4O. The molecule has 5 heteroatoms. The average molecular weight is 272 g/mol. The Bertz CT molecular complexity index is 559. The molecule has 0 aliphatic carbocycles. The Morgan fingerprint density at radius 1 is 1.35 bits per heavy atom. The van der Waals surface area contributed by atoms with Crippen LogP contribution >= 0.6 is 0 Å². The van der Waals surface area contributed by atoms with Gasteiger partial charge in [-0.1, -0.05) is 31.0 Å². The van der Waals surface area contributed by atoms with Crippen molar-refractivity contribution >= 4 is 0 Å². The summed E-state index contributed by atoms with van der Waals surface area (Å²) in [6.45, 7) is 3.13. The Labute approximate surface area is 118 Å². The van der Waals surface area contributed by atoms with Crippen molar-refractivity contribution in [1.82, 2.24) is 20.4 Å². The van der Waals surface area contributed by atoms with Crippen molar-refractivity contribution in [3.63, 3.8) is 0 Å². The quantitative estimate of drug-likeness (QED) is 0.930. The maximum Gasteiger partial charge on any atom is 0.244 e. The van der Waals surface area contributed by atoms with Crippen LogP contribution in [0.2, 0.25) is 0 Å². The van der Waals surface area contributed by atoms with E-state index in [-0.39, 0.29) is 6.04 Å². The first kappa shape index (κ1) is 13.2. The highest BCUT2D eigenvalue weighted by Crippen LogP contribution is 2.24. The molecule has 106 valence electrons. The zero-order chi connectivity index (χ0) is 13.8. The van der Waals surface area contributed by atoms with Gasteiger partial charge in [0, 0.05) is 6.20 Å². The van der Waals surface area contributed by atoms with Crippen LogP contribution in [0.4, 0.5) is 0 Å². The summed E-state index contributed by atoms with van der Waals surface area (Å²) in [7, 11) is 0. The van der Waals surface area contributed by atoms with E-state index in [1.165, 1.54) is 19.3 Å². The molecule has 2 aromatic heterocycles. The van der Waals surface area contributed by atoms with E-state index >= 15 is 0 Å². The predicted octanol–water partition coefficient (Wildman–Crippen LogP) is 2.90. The van der Waals surface area contributed by atoms with Gasteiger partial charge in [0.1, 0.15) is 5.69 Å². The Morgan fingerprint density at radius 2 is 2.30 bits per heavy atom. The summed E-state index contributed by atoms with van der Waals surface area (Å²) in [5, 5.41) is 7.59. The van der Waals surface area contributed by atoms with Gasteiger partial charge in [-0.2, -0.15) is 4.98 Å². The molecule has 2 aromatic rings. The minimum atomic E-state index is 0.188. The summed E-state index contributed by atoms with van der Waals surface area (Å²) in [5.41, 5.74) is 1.98. The minimum Gasteiger partial charge on any atom is -0.337 e. The van der Waals surface area contributed by atoms with Gasteiger partial charge >= 0.3 is 0 Å². The second-order valence-corrected chi connectivity index (χ2v) is 5.18. The molecule has 0 saturated carbocycles. The molecule has 0 bridgehead atoms. The van der Waals surface area contributed by atoms with E-state index in [2.05, 4.69) is 33.4 Å². The standard InChI is InChI=1S/C15H20N4O/c1-2-11-7-6-10-17-13(11)14-18-15(20-19-14)12-8-4-3-5-9-16-12/h6-7,10,12,16H,2-5,8-9H2,1H3. The maximum absolute atomic E-state index is 5.45. The first-order valence-electron chi connectivity index (χ1n) is 7.39. The fourth-order valence-corrected chi connectivity index (χ4v) is 2.64. The lowest BCUT2D eigenvalue weighted by molar-refractivity contribution is 0.327. The van der Waals surface area contributed by atoms with Crippen molar-refractivity contribution in [2.24, 2.45) is 0 Å². The summed E-state index contributed by atoms with van der Waals surface area (Å²) in [4.78, 5) is 8.94. The second kappa shape index (κ2) is 6.13. The summed E-state index contributed by atoms with van der Waals surface area (Å²) in [6.07, 6.45) is 7.44. The molecule has 0 amide bonds. The van der Waals surface area contributed by atoms with Crippen LogP contribution in [0.25, 0.3) is 11.5 Å². The van der Waals surface area contributed by atoms with Crippen LogP contribution < -0.4 is 5.32 Å². The van der Waals surface area contributed by atoms with Gasteiger partial charge < -0.3 is 9.84 Å². The highest BCUT2D eigenvalue weighted by molar-refractivity contribution is 5.53. The van der Waals surface area contributed by atoms with Crippen molar-refractivity contribution < 1.29 is 4.52 Å². The zero-order valence-corrected chi connectivity index (χ0v) is 11.8. The van der Waals surface area contributed by atoms with Crippen LogP contribution in [0.15, 0.2) is 22.9 Å². The maximum atomic E-state index is 5.45. The van der Waals surface area contributed by atoms with E-state index in [9.17, 15) is 0 Å². The van der Waals surface area contributed by atoms with Crippen LogP contribution in [-0.2, 0) is 6.42 Å². The van der Waals surface area contributed by atoms with E-state index in [1.807, 2.05) is 6.07 Å². The zero-order valence-electron chi connectivity index (χ0n) is 11.8. The molecular weight excluding hydrogens is 252 g/mol. The fourth-order valence-electron chi connectivity index (χ4n) is 2.64. The number of aryl methyl sites for hydroxylation is 1. The molecule has 1 aliphatic rings. The molecule has 1 unspecified atom stereocenters. The van der Waals surface area contributed by atoms with Crippen LogP contribution in [0.5, 0.6) is 0 Å². The minimum absolute atomic E-state index is 0.188. The Hall–Kier alpha value is -1.75. The summed E-state index contributed by atoms with van der Waals surface area (Å²) < 4.78 is 5.45. The molecule has 5 nitrogen and oxygen atoms in total. The summed E-state index contributed by atoms with van der Waals surface area (Å²) in [6, 6.07) is 4.19. The van der Waals surface area contributed by atoms with Gasteiger partial charge in [-0.25, -0.2) is 0 Å². The van der Waals surface area contributed by atoms with Gasteiger partial charge in [0.25, 0.3) is 0 Å². The molecule has 0 radical (unpaired) electrons. The van der Waals surface area contributed by atoms with Crippen molar-refractivity contribution in [2.75, 3.05) is 6.54 Å². The smallest absolute Gasteiger partial charge is 0.244 e. The number of hydrogen-bond donors (Lipinski definition) is 1. The van der Waals surface area contributed by atoms with Gasteiger partial charge in [0.15, 0.2) is 0 Å². The molecule has 3 heterocycles. The molecule has 0 aromatic carbocycles. The lowest BCUT2D eigenvalue weighted by Crippen LogP contribution is -2.20. The fraction of sp³-hybridized carbons (Fsp3) is 0.533. The molecule has 3 rings (SSSR count). The molecule has 1 fully saturated rings. The number of nitrogens with zero attached hydrogens (tertiary/aromatic N) is 3.